The van der Waals surface area contributed by atoms with Crippen LogP contribution in [0.4, 0.5) is 0 Å². The third kappa shape index (κ3) is 3.74. The van der Waals surface area contributed by atoms with Crippen molar-refractivity contribution in [3.63, 3.8) is 0 Å². The Labute approximate surface area is 104 Å². The summed E-state index contributed by atoms with van der Waals surface area (Å²) >= 11 is 0. The Morgan fingerprint density at radius 2 is 2.00 bits per heavy atom. The molecule has 3 atom stereocenters. The molecule has 1 heterocycles. The van der Waals surface area contributed by atoms with E-state index in [4.69, 9.17) is 4.74 Å². The zero-order chi connectivity index (χ0) is 12.1. The number of rotatable bonds is 4. The minimum Gasteiger partial charge on any atom is -0.493 e. The van der Waals surface area contributed by atoms with Crippen molar-refractivity contribution < 1.29 is 4.74 Å². The van der Waals surface area contributed by atoms with Gasteiger partial charge >= 0.3 is 0 Å². The van der Waals surface area contributed by atoms with Crippen LogP contribution in [0.2, 0.25) is 0 Å². The molecule has 94 valence electrons. The summed E-state index contributed by atoms with van der Waals surface area (Å²) in [6.45, 7) is 5.38. The molecule has 3 unspecified atom stereocenters. The zero-order valence-corrected chi connectivity index (χ0v) is 10.9. The first-order valence-corrected chi connectivity index (χ1v) is 6.71. The van der Waals surface area contributed by atoms with Gasteiger partial charge in [-0.3, -0.25) is 0 Å². The summed E-state index contributed by atoms with van der Waals surface area (Å²) in [5.74, 6) is 1.68. The van der Waals surface area contributed by atoms with Crippen molar-refractivity contribution in [2.75, 3.05) is 6.61 Å². The lowest BCUT2D eigenvalue weighted by molar-refractivity contribution is 0.168. The molecule has 0 aliphatic carbocycles. The fourth-order valence-corrected chi connectivity index (χ4v) is 2.69. The normalized spacial score (nSPS) is 28.9. The molecule has 0 spiro atoms. The van der Waals surface area contributed by atoms with E-state index in [0.717, 1.165) is 12.4 Å². The summed E-state index contributed by atoms with van der Waals surface area (Å²) in [6.07, 6.45) is 3.68. The second-order valence-electron chi connectivity index (χ2n) is 5.13. The summed E-state index contributed by atoms with van der Waals surface area (Å²) in [5.41, 5.74) is 0. The molecular formula is C15H23NO. The van der Waals surface area contributed by atoms with Gasteiger partial charge in [-0.25, -0.2) is 0 Å². The van der Waals surface area contributed by atoms with Gasteiger partial charge in [-0.15, -0.1) is 0 Å². The quantitative estimate of drug-likeness (QED) is 0.862. The fraction of sp³-hybridized carbons (Fsp3) is 0.600. The Hall–Kier alpha value is -1.02. The molecule has 0 bridgehead atoms. The molecule has 1 aliphatic heterocycles. The van der Waals surface area contributed by atoms with Crippen LogP contribution < -0.4 is 10.1 Å². The number of piperidine rings is 1. The van der Waals surface area contributed by atoms with Gasteiger partial charge in [-0.05, 0) is 44.2 Å². The van der Waals surface area contributed by atoms with Gasteiger partial charge < -0.3 is 10.1 Å². The highest BCUT2D eigenvalue weighted by Gasteiger charge is 2.25. The molecule has 17 heavy (non-hydrogen) atoms. The molecule has 1 aromatic carbocycles. The first-order valence-electron chi connectivity index (χ1n) is 6.71. The van der Waals surface area contributed by atoms with E-state index in [2.05, 4.69) is 19.2 Å². The molecule has 1 aromatic rings. The summed E-state index contributed by atoms with van der Waals surface area (Å²) in [6, 6.07) is 11.4. The average Bonchev–Trinajstić information content (AvgIpc) is 2.37. The highest BCUT2D eigenvalue weighted by atomic mass is 16.5. The van der Waals surface area contributed by atoms with E-state index in [9.17, 15) is 0 Å². The van der Waals surface area contributed by atoms with E-state index in [1.807, 2.05) is 30.3 Å². The van der Waals surface area contributed by atoms with Gasteiger partial charge in [0.1, 0.15) is 5.75 Å². The van der Waals surface area contributed by atoms with Gasteiger partial charge in [0, 0.05) is 12.1 Å². The zero-order valence-electron chi connectivity index (χ0n) is 10.9. The van der Waals surface area contributed by atoms with Crippen molar-refractivity contribution >= 4 is 0 Å². The minimum absolute atomic E-state index is 0.623. The van der Waals surface area contributed by atoms with E-state index in [1.165, 1.54) is 19.3 Å². The summed E-state index contributed by atoms with van der Waals surface area (Å²) in [7, 11) is 0. The summed E-state index contributed by atoms with van der Waals surface area (Å²) in [5, 5.41) is 3.64. The van der Waals surface area contributed by atoms with Crippen LogP contribution in [0.25, 0.3) is 0 Å². The maximum absolute atomic E-state index is 5.86. The monoisotopic (exact) mass is 233 g/mol. The number of hydrogen-bond donors (Lipinski definition) is 1. The standard InChI is InChI=1S/C15H23NO/c1-3-14-10-13(9-12(2)16-14)11-17-15-7-5-4-6-8-15/h4-8,12-14,16H,3,9-11H2,1-2H3. The van der Waals surface area contributed by atoms with E-state index in [0.29, 0.717) is 18.0 Å². The smallest absolute Gasteiger partial charge is 0.119 e. The molecule has 1 saturated heterocycles. The van der Waals surface area contributed by atoms with Gasteiger partial charge in [0.05, 0.1) is 6.61 Å². The molecule has 2 nitrogen and oxygen atoms in total. The number of hydrogen-bond acceptors (Lipinski definition) is 2. The number of ether oxygens (including phenoxy) is 1. The van der Waals surface area contributed by atoms with Crippen LogP contribution in [0, 0.1) is 5.92 Å². The molecule has 1 fully saturated rings. The predicted molar refractivity (Wildman–Crippen MR) is 71.3 cm³/mol. The Morgan fingerprint density at radius 3 is 2.71 bits per heavy atom. The molecule has 0 radical (unpaired) electrons. The van der Waals surface area contributed by atoms with E-state index in [1.54, 1.807) is 0 Å². The SMILES string of the molecule is CCC1CC(COc2ccccc2)CC(C)N1. The van der Waals surface area contributed by atoms with Crippen LogP contribution in [-0.4, -0.2) is 18.7 Å². The van der Waals surface area contributed by atoms with Crippen LogP contribution in [0.15, 0.2) is 30.3 Å². The van der Waals surface area contributed by atoms with Crippen molar-refractivity contribution in [2.45, 2.75) is 45.2 Å². The van der Waals surface area contributed by atoms with Crippen LogP contribution in [0.5, 0.6) is 5.75 Å². The van der Waals surface area contributed by atoms with Crippen LogP contribution >= 0.6 is 0 Å². The Kier molecular flexibility index (Phi) is 4.43. The highest BCUT2D eigenvalue weighted by Crippen LogP contribution is 2.23. The molecule has 1 N–H and O–H groups in total. The predicted octanol–water partition coefficient (Wildman–Crippen LogP) is 3.23. The van der Waals surface area contributed by atoms with Crippen LogP contribution in [0.1, 0.15) is 33.1 Å². The summed E-state index contributed by atoms with van der Waals surface area (Å²) in [4.78, 5) is 0. The van der Waals surface area contributed by atoms with Crippen LogP contribution in [-0.2, 0) is 0 Å². The molecule has 0 saturated carbocycles. The van der Waals surface area contributed by atoms with Crippen molar-refractivity contribution in [1.29, 1.82) is 0 Å². The largest absolute Gasteiger partial charge is 0.493 e. The summed E-state index contributed by atoms with van der Waals surface area (Å²) < 4.78 is 5.86. The number of benzene rings is 1. The number of nitrogens with one attached hydrogen (secondary N) is 1. The van der Waals surface area contributed by atoms with Gasteiger partial charge in [-0.2, -0.15) is 0 Å². The Morgan fingerprint density at radius 1 is 1.24 bits per heavy atom. The van der Waals surface area contributed by atoms with Gasteiger partial charge in [0.15, 0.2) is 0 Å². The Bertz CT molecular complexity index is 325. The molecule has 2 heteroatoms. The third-order valence-corrected chi connectivity index (χ3v) is 3.55. The van der Waals surface area contributed by atoms with E-state index < -0.39 is 0 Å². The maximum atomic E-state index is 5.86. The molecule has 0 amide bonds. The molecule has 0 aromatic heterocycles. The minimum atomic E-state index is 0.623. The molecular weight excluding hydrogens is 210 g/mol. The van der Waals surface area contributed by atoms with Crippen molar-refractivity contribution in [3.05, 3.63) is 30.3 Å². The molecule has 1 aliphatic rings. The fourth-order valence-electron chi connectivity index (χ4n) is 2.69. The van der Waals surface area contributed by atoms with Crippen LogP contribution in [0.3, 0.4) is 0 Å². The van der Waals surface area contributed by atoms with Gasteiger partial charge in [0.2, 0.25) is 0 Å². The van der Waals surface area contributed by atoms with Gasteiger partial charge in [-0.1, -0.05) is 25.1 Å². The Balaban J connectivity index is 1.82. The topological polar surface area (TPSA) is 21.3 Å². The maximum Gasteiger partial charge on any atom is 0.119 e. The van der Waals surface area contributed by atoms with E-state index >= 15 is 0 Å². The second kappa shape index (κ2) is 6.06. The van der Waals surface area contributed by atoms with Crippen molar-refractivity contribution in [3.8, 4) is 5.75 Å². The van der Waals surface area contributed by atoms with Gasteiger partial charge in [0.25, 0.3) is 0 Å². The lowest BCUT2D eigenvalue weighted by Gasteiger charge is -2.34. The van der Waals surface area contributed by atoms with E-state index in [-0.39, 0.29) is 0 Å². The van der Waals surface area contributed by atoms with Crippen molar-refractivity contribution in [1.82, 2.24) is 5.32 Å². The lowest BCUT2D eigenvalue weighted by Crippen LogP contribution is -2.44. The van der Waals surface area contributed by atoms with Crippen molar-refractivity contribution in [2.24, 2.45) is 5.92 Å². The average molecular weight is 233 g/mol. The second-order valence-corrected chi connectivity index (χ2v) is 5.13. The number of para-hydroxylation sites is 1. The molecule has 2 rings (SSSR count). The first kappa shape index (κ1) is 12.4. The third-order valence-electron chi connectivity index (χ3n) is 3.55. The lowest BCUT2D eigenvalue weighted by atomic mass is 9.88. The first-order chi connectivity index (χ1) is 8.28. The highest BCUT2D eigenvalue weighted by molar-refractivity contribution is 5.20.